The zero-order chi connectivity index (χ0) is 16.8. The zero-order valence-corrected chi connectivity index (χ0v) is 12.9. The van der Waals surface area contributed by atoms with E-state index >= 15 is 0 Å². The van der Waals surface area contributed by atoms with Gasteiger partial charge in [-0.05, 0) is 31.5 Å². The summed E-state index contributed by atoms with van der Waals surface area (Å²) < 4.78 is 19.1. The number of halogens is 1. The zero-order valence-electron chi connectivity index (χ0n) is 12.9. The van der Waals surface area contributed by atoms with Gasteiger partial charge in [0.2, 0.25) is 0 Å². The summed E-state index contributed by atoms with van der Waals surface area (Å²) in [6.07, 6.45) is 0.395. The first-order valence-electron chi connectivity index (χ1n) is 7.23. The van der Waals surface area contributed by atoms with Gasteiger partial charge in [-0.3, -0.25) is 9.59 Å². The van der Waals surface area contributed by atoms with Gasteiger partial charge in [-0.15, -0.1) is 0 Å². The molecule has 23 heavy (non-hydrogen) atoms. The number of aromatic nitrogens is 1. The Balaban J connectivity index is 1.94. The number of carbonyl (C=O) groups excluding carboxylic acids is 1. The molecular weight excluding hydrogens is 303 g/mol. The summed E-state index contributed by atoms with van der Waals surface area (Å²) in [7, 11) is 1.47. The van der Waals surface area contributed by atoms with Crippen molar-refractivity contribution in [1.82, 2.24) is 9.88 Å². The molecule has 122 valence electrons. The molecule has 1 aliphatic rings. The van der Waals surface area contributed by atoms with Crippen LogP contribution < -0.4 is 4.74 Å². The number of rotatable bonds is 3. The van der Waals surface area contributed by atoms with E-state index in [1.807, 2.05) is 0 Å². The fourth-order valence-corrected chi connectivity index (χ4v) is 2.93. The molecule has 2 heterocycles. The average Bonchev–Trinajstić information content (AvgIpc) is 3.13. The van der Waals surface area contributed by atoms with Gasteiger partial charge in [0.15, 0.2) is 0 Å². The molecule has 1 aliphatic heterocycles. The quantitative estimate of drug-likeness (QED) is 0.909. The third-order valence-electron chi connectivity index (χ3n) is 4.43. The van der Waals surface area contributed by atoms with E-state index in [0.29, 0.717) is 24.1 Å². The highest BCUT2D eigenvalue weighted by atomic mass is 19.1. The van der Waals surface area contributed by atoms with Crippen LogP contribution in [-0.2, 0) is 4.79 Å². The molecule has 2 aromatic rings. The number of benzene rings is 1. The van der Waals surface area contributed by atoms with Gasteiger partial charge in [-0.1, -0.05) is 0 Å². The summed E-state index contributed by atoms with van der Waals surface area (Å²) in [4.78, 5) is 28.1. The van der Waals surface area contributed by atoms with Gasteiger partial charge in [0.05, 0.1) is 18.0 Å². The third kappa shape index (κ3) is 2.42. The third-order valence-corrected chi connectivity index (χ3v) is 4.43. The van der Waals surface area contributed by atoms with Crippen LogP contribution in [0, 0.1) is 11.2 Å². The van der Waals surface area contributed by atoms with Crippen molar-refractivity contribution in [2.45, 2.75) is 13.3 Å². The molecule has 0 saturated carbocycles. The number of likely N-dealkylation sites (tertiary alicyclic amines) is 1. The summed E-state index contributed by atoms with van der Waals surface area (Å²) >= 11 is 0. The Morgan fingerprint density at radius 2 is 2.17 bits per heavy atom. The van der Waals surface area contributed by atoms with Crippen molar-refractivity contribution in [3.63, 3.8) is 0 Å². The lowest BCUT2D eigenvalue weighted by Gasteiger charge is -2.19. The van der Waals surface area contributed by atoms with E-state index in [2.05, 4.69) is 4.98 Å². The Kier molecular flexibility index (Phi) is 3.50. The van der Waals surface area contributed by atoms with E-state index in [-0.39, 0.29) is 23.7 Å². The van der Waals surface area contributed by atoms with Crippen molar-refractivity contribution in [1.29, 1.82) is 0 Å². The summed E-state index contributed by atoms with van der Waals surface area (Å²) in [6.45, 7) is 2.11. The van der Waals surface area contributed by atoms with Crippen molar-refractivity contribution in [2.75, 3.05) is 20.2 Å². The molecule has 1 amide bonds. The molecule has 1 aromatic heterocycles. The number of aliphatic carboxylic acids is 1. The Morgan fingerprint density at radius 1 is 1.43 bits per heavy atom. The van der Waals surface area contributed by atoms with Crippen molar-refractivity contribution in [3.05, 3.63) is 29.7 Å². The number of methoxy groups -OCH3 is 1. The average molecular weight is 320 g/mol. The van der Waals surface area contributed by atoms with Crippen molar-refractivity contribution < 1.29 is 23.8 Å². The van der Waals surface area contributed by atoms with E-state index < -0.39 is 17.2 Å². The minimum atomic E-state index is -0.940. The van der Waals surface area contributed by atoms with Gasteiger partial charge in [0.1, 0.15) is 17.3 Å². The predicted octanol–water partition coefficient (Wildman–Crippen LogP) is 2.25. The second-order valence-corrected chi connectivity index (χ2v) is 6.06. The second kappa shape index (κ2) is 5.26. The number of carbonyl (C=O) groups is 2. The Morgan fingerprint density at radius 3 is 2.78 bits per heavy atom. The van der Waals surface area contributed by atoms with Gasteiger partial charge < -0.3 is 19.7 Å². The van der Waals surface area contributed by atoms with Crippen LogP contribution in [-0.4, -0.2) is 47.1 Å². The number of hydrogen-bond acceptors (Lipinski definition) is 3. The maximum atomic E-state index is 13.9. The Labute approximate surface area is 131 Å². The molecule has 1 aromatic carbocycles. The smallest absolute Gasteiger partial charge is 0.311 e. The van der Waals surface area contributed by atoms with Crippen molar-refractivity contribution in [3.8, 4) is 5.75 Å². The number of nitrogens with zero attached hydrogens (tertiary/aromatic N) is 1. The number of aromatic amines is 1. The lowest BCUT2D eigenvalue weighted by Crippen LogP contribution is -2.35. The van der Waals surface area contributed by atoms with Gasteiger partial charge in [0, 0.05) is 18.5 Å². The normalized spacial score (nSPS) is 20.9. The van der Waals surface area contributed by atoms with Gasteiger partial charge in [-0.25, -0.2) is 4.39 Å². The minimum absolute atomic E-state index is 0.135. The summed E-state index contributed by atoms with van der Waals surface area (Å²) in [6, 6.07) is 4.30. The van der Waals surface area contributed by atoms with Crippen LogP contribution in [0.25, 0.3) is 10.9 Å². The van der Waals surface area contributed by atoms with Crippen molar-refractivity contribution in [2.24, 2.45) is 5.41 Å². The topological polar surface area (TPSA) is 82.6 Å². The second-order valence-electron chi connectivity index (χ2n) is 6.06. The molecule has 3 rings (SSSR count). The first-order valence-corrected chi connectivity index (χ1v) is 7.23. The molecule has 1 atom stereocenters. The Hall–Kier alpha value is -2.57. The SMILES string of the molecule is COc1ccc(F)c2[nH]c(C(=O)N3CCC(C)(C(=O)O)C3)cc12. The van der Waals surface area contributed by atoms with E-state index in [9.17, 15) is 19.1 Å². The van der Waals surface area contributed by atoms with E-state index in [4.69, 9.17) is 4.74 Å². The fourth-order valence-electron chi connectivity index (χ4n) is 2.93. The van der Waals surface area contributed by atoms with Crippen LogP contribution in [0.2, 0.25) is 0 Å². The summed E-state index contributed by atoms with van der Waals surface area (Å²) in [5.74, 6) is -1.27. The van der Waals surface area contributed by atoms with E-state index in [1.54, 1.807) is 6.92 Å². The number of carboxylic acids is 1. The minimum Gasteiger partial charge on any atom is -0.496 e. The molecule has 6 nitrogen and oxygen atoms in total. The highest BCUT2D eigenvalue weighted by Gasteiger charge is 2.42. The van der Waals surface area contributed by atoms with Crippen molar-refractivity contribution >= 4 is 22.8 Å². The van der Waals surface area contributed by atoms with Crippen LogP contribution in [0.15, 0.2) is 18.2 Å². The maximum Gasteiger partial charge on any atom is 0.311 e. The fraction of sp³-hybridized carbons (Fsp3) is 0.375. The molecule has 0 radical (unpaired) electrons. The monoisotopic (exact) mass is 320 g/mol. The number of fused-ring (bicyclic) bond motifs is 1. The number of ether oxygens (including phenoxy) is 1. The van der Waals surface area contributed by atoms with Crippen LogP contribution >= 0.6 is 0 Å². The molecule has 0 bridgehead atoms. The molecule has 1 fully saturated rings. The molecule has 7 heteroatoms. The first kappa shape index (κ1) is 15.3. The van der Waals surface area contributed by atoms with E-state index in [1.165, 1.54) is 30.2 Å². The number of nitrogens with one attached hydrogen (secondary N) is 1. The Bertz CT molecular complexity index is 801. The first-order chi connectivity index (χ1) is 10.9. The highest BCUT2D eigenvalue weighted by molar-refractivity contribution is 6.00. The molecule has 1 unspecified atom stereocenters. The molecule has 0 spiro atoms. The van der Waals surface area contributed by atoms with Gasteiger partial charge in [-0.2, -0.15) is 0 Å². The van der Waals surface area contributed by atoms with E-state index in [0.717, 1.165) is 0 Å². The molecular formula is C16H17FN2O4. The highest BCUT2D eigenvalue weighted by Crippen LogP contribution is 2.33. The van der Waals surface area contributed by atoms with Crippen LogP contribution in [0.3, 0.4) is 0 Å². The number of amides is 1. The molecule has 1 saturated heterocycles. The number of carboxylic acid groups (broad SMARTS) is 1. The standard InChI is InChI=1S/C16H17FN2O4/c1-16(15(21)22)5-6-19(8-16)14(20)11-7-9-12(23-2)4-3-10(17)13(9)18-11/h3-4,7,18H,5-6,8H2,1-2H3,(H,21,22). The molecule has 0 aliphatic carbocycles. The van der Waals surface area contributed by atoms with Gasteiger partial charge >= 0.3 is 5.97 Å². The summed E-state index contributed by atoms with van der Waals surface area (Å²) in [5, 5.41) is 9.73. The maximum absolute atomic E-state index is 13.9. The number of hydrogen-bond donors (Lipinski definition) is 2. The van der Waals surface area contributed by atoms with Crippen LogP contribution in [0.4, 0.5) is 4.39 Å². The number of H-pyrrole nitrogens is 1. The molecule has 2 N–H and O–H groups in total. The van der Waals surface area contributed by atoms with Gasteiger partial charge in [0.25, 0.3) is 5.91 Å². The van der Waals surface area contributed by atoms with Crippen LogP contribution in [0.5, 0.6) is 5.75 Å². The largest absolute Gasteiger partial charge is 0.496 e. The summed E-state index contributed by atoms with van der Waals surface area (Å²) in [5.41, 5.74) is -0.518. The predicted molar refractivity (Wildman–Crippen MR) is 81.1 cm³/mol. The van der Waals surface area contributed by atoms with Crippen LogP contribution in [0.1, 0.15) is 23.8 Å². The lowest BCUT2D eigenvalue weighted by atomic mass is 9.90. The lowest BCUT2D eigenvalue weighted by molar-refractivity contribution is -0.147.